The summed E-state index contributed by atoms with van der Waals surface area (Å²) < 4.78 is 0. The van der Waals surface area contributed by atoms with E-state index >= 15 is 0 Å². The lowest BCUT2D eigenvalue weighted by molar-refractivity contribution is 0.264. The number of benzene rings is 1. The van der Waals surface area contributed by atoms with E-state index in [1.54, 1.807) is 0 Å². The minimum Gasteiger partial charge on any atom is -0.370 e. The number of nitrogens with zero attached hydrogens (tertiary/aromatic N) is 3. The molecule has 1 saturated heterocycles. The molecule has 0 spiro atoms. The van der Waals surface area contributed by atoms with Crippen LogP contribution in [-0.4, -0.2) is 37.6 Å². The molecule has 0 aromatic heterocycles. The Bertz CT molecular complexity index is 450. The Morgan fingerprint density at radius 2 is 2.11 bits per heavy atom. The average Bonchev–Trinajstić information content (AvgIpc) is 2.62. The Balaban J connectivity index is 2.21. The van der Waals surface area contributed by atoms with E-state index in [1.165, 1.54) is 11.3 Å². The number of rotatable bonds is 3. The van der Waals surface area contributed by atoms with Crippen molar-refractivity contribution in [2.24, 2.45) is 0 Å². The van der Waals surface area contributed by atoms with Crippen molar-refractivity contribution in [1.29, 1.82) is 5.26 Å². The van der Waals surface area contributed by atoms with Crippen LogP contribution < -0.4 is 4.90 Å². The second-order valence-electron chi connectivity index (χ2n) is 5.28. The Kier molecular flexibility index (Phi) is 4.81. The number of hydrogen-bond acceptors (Lipinski definition) is 3. The van der Waals surface area contributed by atoms with E-state index < -0.39 is 0 Å². The van der Waals surface area contributed by atoms with Gasteiger partial charge in [-0.05, 0) is 38.1 Å². The van der Waals surface area contributed by atoms with Crippen LogP contribution in [0, 0.1) is 11.3 Å². The summed E-state index contributed by atoms with van der Waals surface area (Å²) >= 11 is 0. The van der Waals surface area contributed by atoms with Gasteiger partial charge in [-0.3, -0.25) is 0 Å². The van der Waals surface area contributed by atoms with Gasteiger partial charge < -0.3 is 9.80 Å². The van der Waals surface area contributed by atoms with Crippen LogP contribution in [0.5, 0.6) is 0 Å². The molecule has 3 nitrogen and oxygen atoms in total. The highest BCUT2D eigenvalue weighted by Crippen LogP contribution is 2.24. The van der Waals surface area contributed by atoms with Crippen molar-refractivity contribution in [2.45, 2.75) is 32.2 Å². The van der Waals surface area contributed by atoms with Crippen LogP contribution in [0.1, 0.15) is 25.3 Å². The van der Waals surface area contributed by atoms with Gasteiger partial charge in [0.15, 0.2) is 0 Å². The van der Waals surface area contributed by atoms with E-state index in [2.05, 4.69) is 54.1 Å². The van der Waals surface area contributed by atoms with E-state index in [9.17, 15) is 0 Å². The van der Waals surface area contributed by atoms with Gasteiger partial charge in [0, 0.05) is 24.8 Å². The van der Waals surface area contributed by atoms with Crippen molar-refractivity contribution in [1.82, 2.24) is 4.90 Å². The van der Waals surface area contributed by atoms with Gasteiger partial charge in [0.2, 0.25) is 0 Å². The number of hydrogen-bond donors (Lipinski definition) is 0. The van der Waals surface area contributed by atoms with Crippen molar-refractivity contribution in [3.63, 3.8) is 0 Å². The number of likely N-dealkylation sites (N-methyl/N-ethyl adjacent to an activating group) is 1. The molecule has 1 aromatic carbocycles. The van der Waals surface area contributed by atoms with Crippen LogP contribution >= 0.6 is 0 Å². The number of anilines is 1. The monoisotopic (exact) mass is 257 g/mol. The zero-order valence-electron chi connectivity index (χ0n) is 12.0. The minimum absolute atomic E-state index is 0.345. The summed E-state index contributed by atoms with van der Waals surface area (Å²) in [6.07, 6.45) is 2.84. The second-order valence-corrected chi connectivity index (χ2v) is 5.28. The molecule has 0 saturated carbocycles. The highest BCUT2D eigenvalue weighted by molar-refractivity contribution is 5.54. The molecule has 1 heterocycles. The molecule has 1 aliphatic rings. The molecular formula is C16H23N3. The highest BCUT2D eigenvalue weighted by Gasteiger charge is 2.23. The van der Waals surface area contributed by atoms with Gasteiger partial charge >= 0.3 is 0 Å². The van der Waals surface area contributed by atoms with Crippen molar-refractivity contribution < 1.29 is 0 Å². The van der Waals surface area contributed by atoms with Crippen molar-refractivity contribution in [3.05, 3.63) is 29.8 Å². The van der Waals surface area contributed by atoms with Crippen LogP contribution in [0.15, 0.2) is 24.3 Å². The van der Waals surface area contributed by atoms with Gasteiger partial charge in [-0.25, -0.2) is 0 Å². The molecule has 19 heavy (non-hydrogen) atoms. The summed E-state index contributed by atoms with van der Waals surface area (Å²) in [6.45, 7) is 5.33. The molecule has 0 bridgehead atoms. The summed E-state index contributed by atoms with van der Waals surface area (Å²) in [4.78, 5) is 4.79. The second kappa shape index (κ2) is 6.58. The summed E-state index contributed by atoms with van der Waals surface area (Å²) in [5.74, 6) is 0. The van der Waals surface area contributed by atoms with Crippen LogP contribution in [0.2, 0.25) is 0 Å². The fourth-order valence-electron chi connectivity index (χ4n) is 2.84. The Morgan fingerprint density at radius 3 is 2.84 bits per heavy atom. The van der Waals surface area contributed by atoms with Gasteiger partial charge in [0.1, 0.15) is 0 Å². The summed E-state index contributed by atoms with van der Waals surface area (Å²) in [6, 6.07) is 11.3. The van der Waals surface area contributed by atoms with E-state index in [0.717, 1.165) is 32.5 Å². The predicted octanol–water partition coefficient (Wildman–Crippen LogP) is 2.67. The van der Waals surface area contributed by atoms with Crippen LogP contribution in [0.25, 0.3) is 0 Å². The average molecular weight is 257 g/mol. The van der Waals surface area contributed by atoms with Gasteiger partial charge in [-0.2, -0.15) is 5.26 Å². The first-order valence-electron chi connectivity index (χ1n) is 7.16. The van der Waals surface area contributed by atoms with Crippen molar-refractivity contribution >= 4 is 5.69 Å². The van der Waals surface area contributed by atoms with Gasteiger partial charge in [0.25, 0.3) is 0 Å². The molecular weight excluding hydrogens is 234 g/mol. The molecule has 1 atom stereocenters. The topological polar surface area (TPSA) is 30.3 Å². The molecule has 1 fully saturated rings. The fraction of sp³-hybridized carbons (Fsp3) is 0.562. The maximum atomic E-state index is 8.99. The fourth-order valence-corrected chi connectivity index (χ4v) is 2.84. The van der Waals surface area contributed by atoms with Gasteiger partial charge in [-0.15, -0.1) is 0 Å². The first-order chi connectivity index (χ1) is 9.26. The summed E-state index contributed by atoms with van der Waals surface area (Å²) in [5, 5.41) is 8.99. The molecule has 0 amide bonds. The zero-order chi connectivity index (χ0) is 13.7. The Hall–Kier alpha value is -1.53. The molecule has 102 valence electrons. The molecule has 0 aliphatic carbocycles. The lowest BCUT2D eigenvalue weighted by atomic mass is 10.1. The van der Waals surface area contributed by atoms with Crippen molar-refractivity contribution in [2.75, 3.05) is 31.6 Å². The first kappa shape index (κ1) is 13.9. The smallest absolute Gasteiger partial charge is 0.0638 e. The predicted molar refractivity (Wildman–Crippen MR) is 79.3 cm³/mol. The molecule has 1 unspecified atom stereocenters. The maximum Gasteiger partial charge on any atom is 0.0638 e. The lowest BCUT2D eigenvalue weighted by Gasteiger charge is -2.30. The molecule has 0 radical (unpaired) electrons. The lowest BCUT2D eigenvalue weighted by Crippen LogP contribution is -2.39. The third-order valence-corrected chi connectivity index (χ3v) is 4.03. The molecule has 1 aromatic rings. The van der Waals surface area contributed by atoms with Crippen LogP contribution in [0.4, 0.5) is 5.69 Å². The van der Waals surface area contributed by atoms with Crippen molar-refractivity contribution in [3.8, 4) is 6.07 Å². The highest BCUT2D eigenvalue weighted by atomic mass is 15.2. The first-order valence-corrected chi connectivity index (χ1v) is 7.16. The van der Waals surface area contributed by atoms with E-state index in [-0.39, 0.29) is 0 Å². The maximum absolute atomic E-state index is 8.99. The Labute approximate surface area is 116 Å². The van der Waals surface area contributed by atoms with Crippen LogP contribution in [-0.2, 0) is 6.42 Å². The largest absolute Gasteiger partial charge is 0.370 e. The summed E-state index contributed by atoms with van der Waals surface area (Å²) in [7, 11) is 2.14. The number of aryl methyl sites for hydroxylation is 1. The molecule has 3 heteroatoms. The van der Waals surface area contributed by atoms with E-state index in [4.69, 9.17) is 5.26 Å². The van der Waals surface area contributed by atoms with Gasteiger partial charge in [-0.1, -0.05) is 25.1 Å². The third kappa shape index (κ3) is 3.27. The SMILES string of the molecule is CCc1ccccc1N1CCCN(C)C(CC#N)C1. The van der Waals surface area contributed by atoms with E-state index in [0.29, 0.717) is 12.5 Å². The zero-order valence-corrected chi connectivity index (χ0v) is 12.0. The van der Waals surface area contributed by atoms with E-state index in [1.807, 2.05) is 0 Å². The van der Waals surface area contributed by atoms with Crippen LogP contribution in [0.3, 0.4) is 0 Å². The normalized spacial score (nSPS) is 20.9. The molecule has 1 aliphatic heterocycles. The summed E-state index contributed by atoms with van der Waals surface area (Å²) in [5.41, 5.74) is 2.76. The number of para-hydroxylation sites is 1. The third-order valence-electron chi connectivity index (χ3n) is 4.03. The molecule has 0 N–H and O–H groups in total. The Morgan fingerprint density at radius 1 is 1.32 bits per heavy atom. The van der Waals surface area contributed by atoms with Gasteiger partial charge in [0.05, 0.1) is 12.5 Å². The number of nitriles is 1. The quantitative estimate of drug-likeness (QED) is 0.834. The standard InChI is InChI=1S/C16H23N3/c1-3-14-7-4-5-8-16(14)19-12-6-11-18(2)15(13-19)9-10-17/h4-5,7-8,15H,3,6,9,11-13H2,1-2H3. The molecule has 2 rings (SSSR count). The minimum atomic E-state index is 0.345.